The molecule has 2 rings (SSSR count). The van der Waals surface area contributed by atoms with Gasteiger partial charge in [-0.1, -0.05) is 17.7 Å². The average molecular weight is 420 g/mol. The fourth-order valence-corrected chi connectivity index (χ4v) is 2.49. The lowest BCUT2D eigenvalue weighted by Crippen LogP contribution is -2.24. The van der Waals surface area contributed by atoms with Gasteiger partial charge in [0.05, 0.1) is 17.8 Å². The van der Waals surface area contributed by atoms with E-state index in [2.05, 4.69) is 31.8 Å². The highest BCUT2D eigenvalue weighted by Gasteiger charge is 2.10. The third-order valence-electron chi connectivity index (χ3n) is 3.33. The van der Waals surface area contributed by atoms with Crippen molar-refractivity contribution in [3.8, 4) is 11.5 Å². The van der Waals surface area contributed by atoms with Gasteiger partial charge in [0.25, 0.3) is 0 Å². The normalized spacial score (nSPS) is 10.6. The molecule has 2 amide bonds. The lowest BCUT2D eigenvalue weighted by Gasteiger charge is -2.06. The Morgan fingerprint density at radius 2 is 1.92 bits per heavy atom. The van der Waals surface area contributed by atoms with E-state index in [1.54, 1.807) is 24.3 Å². The zero-order chi connectivity index (χ0) is 19.1. The summed E-state index contributed by atoms with van der Waals surface area (Å²) >= 11 is 3.20. The summed E-state index contributed by atoms with van der Waals surface area (Å²) in [5.74, 6) is -0.739. The van der Waals surface area contributed by atoms with Crippen molar-refractivity contribution in [2.24, 2.45) is 5.10 Å². The number of methoxy groups -OCH3 is 1. The summed E-state index contributed by atoms with van der Waals surface area (Å²) in [4.78, 5) is 23.6. The van der Waals surface area contributed by atoms with Gasteiger partial charge >= 0.3 is 0 Å². The number of nitrogens with zero attached hydrogens (tertiary/aromatic N) is 1. The van der Waals surface area contributed by atoms with E-state index in [4.69, 9.17) is 4.74 Å². The minimum absolute atomic E-state index is 0.0264. The second kappa shape index (κ2) is 9.00. The van der Waals surface area contributed by atoms with Gasteiger partial charge in [0.1, 0.15) is 6.42 Å². The Balaban J connectivity index is 1.88. The van der Waals surface area contributed by atoms with Crippen LogP contribution in [0.1, 0.15) is 17.5 Å². The zero-order valence-corrected chi connectivity index (χ0v) is 15.8. The molecule has 0 radical (unpaired) electrons. The molecule has 0 aliphatic rings. The molecule has 0 atom stereocenters. The van der Waals surface area contributed by atoms with Crippen molar-refractivity contribution in [1.29, 1.82) is 0 Å². The van der Waals surface area contributed by atoms with Gasteiger partial charge < -0.3 is 15.2 Å². The predicted octanol–water partition coefficient (Wildman–Crippen LogP) is 2.95. The van der Waals surface area contributed by atoms with Crippen LogP contribution in [0.5, 0.6) is 11.5 Å². The second-order valence-corrected chi connectivity index (χ2v) is 6.29. The number of hydrazone groups is 1. The van der Waals surface area contributed by atoms with E-state index in [0.29, 0.717) is 15.7 Å². The number of anilines is 1. The van der Waals surface area contributed by atoms with Gasteiger partial charge in [-0.25, -0.2) is 5.43 Å². The maximum Gasteiger partial charge on any atom is 0.249 e. The van der Waals surface area contributed by atoms with Crippen molar-refractivity contribution in [2.45, 2.75) is 13.3 Å². The van der Waals surface area contributed by atoms with Gasteiger partial charge in [-0.15, -0.1) is 0 Å². The van der Waals surface area contributed by atoms with Crippen LogP contribution in [0, 0.1) is 6.92 Å². The Kier molecular flexibility index (Phi) is 6.74. The first-order chi connectivity index (χ1) is 12.4. The Hall–Kier alpha value is -2.87. The van der Waals surface area contributed by atoms with Gasteiger partial charge in [0.2, 0.25) is 11.8 Å². The predicted molar refractivity (Wildman–Crippen MR) is 103 cm³/mol. The largest absolute Gasteiger partial charge is 0.503 e. The standard InChI is InChI=1S/C18H18BrN3O4/c1-11-3-5-13(6-4-11)21-16(23)9-17(24)22-20-10-12-7-14(19)18(25)15(8-12)26-2/h3-8,10,25H,9H2,1-2H3,(H,21,23)(H,22,24). The zero-order valence-electron chi connectivity index (χ0n) is 14.2. The Labute approximate surface area is 159 Å². The summed E-state index contributed by atoms with van der Waals surface area (Å²) < 4.78 is 5.46. The van der Waals surface area contributed by atoms with Gasteiger partial charge in [0.15, 0.2) is 11.5 Å². The fraction of sp³-hybridized carbons (Fsp3) is 0.167. The molecule has 7 nitrogen and oxygen atoms in total. The summed E-state index contributed by atoms with van der Waals surface area (Å²) in [6.07, 6.45) is 1.02. The summed E-state index contributed by atoms with van der Waals surface area (Å²) in [7, 11) is 1.43. The molecule has 0 saturated heterocycles. The number of aromatic hydroxyl groups is 1. The lowest BCUT2D eigenvalue weighted by atomic mass is 10.2. The van der Waals surface area contributed by atoms with Crippen LogP contribution in [0.15, 0.2) is 46.0 Å². The molecule has 0 unspecified atom stereocenters. The van der Waals surface area contributed by atoms with Gasteiger partial charge in [-0.2, -0.15) is 5.10 Å². The first-order valence-electron chi connectivity index (χ1n) is 7.64. The second-order valence-electron chi connectivity index (χ2n) is 5.44. The Morgan fingerprint density at radius 3 is 2.58 bits per heavy atom. The van der Waals surface area contributed by atoms with E-state index in [0.717, 1.165) is 5.56 Å². The van der Waals surface area contributed by atoms with Crippen LogP contribution in [0.25, 0.3) is 0 Å². The monoisotopic (exact) mass is 419 g/mol. The molecule has 3 N–H and O–H groups in total. The molecule has 0 saturated carbocycles. The van der Waals surface area contributed by atoms with E-state index in [-0.39, 0.29) is 17.9 Å². The molecule has 2 aromatic rings. The van der Waals surface area contributed by atoms with Crippen LogP contribution in [0.4, 0.5) is 5.69 Å². The van der Waals surface area contributed by atoms with Crippen LogP contribution < -0.4 is 15.5 Å². The van der Waals surface area contributed by atoms with Crippen molar-refractivity contribution < 1.29 is 19.4 Å². The van der Waals surface area contributed by atoms with E-state index < -0.39 is 11.8 Å². The fourth-order valence-electron chi connectivity index (χ4n) is 2.03. The number of halogens is 1. The van der Waals surface area contributed by atoms with Crippen molar-refractivity contribution in [3.63, 3.8) is 0 Å². The lowest BCUT2D eigenvalue weighted by molar-refractivity contribution is -0.126. The molecule has 0 spiro atoms. The molecular weight excluding hydrogens is 402 g/mol. The Morgan fingerprint density at radius 1 is 1.23 bits per heavy atom. The van der Waals surface area contributed by atoms with Crippen LogP contribution >= 0.6 is 15.9 Å². The number of amides is 2. The number of benzene rings is 2. The minimum atomic E-state index is -0.546. The molecule has 136 valence electrons. The highest BCUT2D eigenvalue weighted by atomic mass is 79.9. The molecule has 26 heavy (non-hydrogen) atoms. The highest BCUT2D eigenvalue weighted by molar-refractivity contribution is 9.10. The topological polar surface area (TPSA) is 100 Å². The maximum atomic E-state index is 11.8. The maximum absolute atomic E-state index is 11.8. The summed E-state index contributed by atoms with van der Waals surface area (Å²) in [6, 6.07) is 10.4. The molecule has 0 bridgehead atoms. The number of carbonyl (C=O) groups excluding carboxylic acids is 2. The quantitative estimate of drug-likeness (QED) is 0.380. The smallest absolute Gasteiger partial charge is 0.249 e. The van der Waals surface area contributed by atoms with Crippen LogP contribution in [-0.4, -0.2) is 30.2 Å². The van der Waals surface area contributed by atoms with Crippen molar-refractivity contribution in [2.75, 3.05) is 12.4 Å². The molecule has 0 aliphatic heterocycles. The van der Waals surface area contributed by atoms with E-state index in [1.807, 2.05) is 19.1 Å². The van der Waals surface area contributed by atoms with Gasteiger partial charge in [-0.05, 0) is 52.7 Å². The van der Waals surface area contributed by atoms with E-state index in [1.165, 1.54) is 13.3 Å². The molecule has 2 aromatic carbocycles. The number of nitrogens with one attached hydrogen (secondary N) is 2. The summed E-state index contributed by atoms with van der Waals surface area (Å²) in [5.41, 5.74) is 4.57. The van der Waals surface area contributed by atoms with Crippen molar-refractivity contribution >= 4 is 39.6 Å². The molecule has 0 heterocycles. The average Bonchev–Trinajstić information content (AvgIpc) is 2.59. The van der Waals surface area contributed by atoms with Gasteiger partial charge in [0, 0.05) is 5.69 Å². The number of phenols is 1. The third-order valence-corrected chi connectivity index (χ3v) is 3.93. The number of ether oxygens (including phenoxy) is 1. The van der Waals surface area contributed by atoms with Gasteiger partial charge in [-0.3, -0.25) is 9.59 Å². The van der Waals surface area contributed by atoms with Crippen LogP contribution in [0.3, 0.4) is 0 Å². The first kappa shape index (κ1) is 19.5. The summed E-state index contributed by atoms with van der Waals surface area (Å²) in [5, 5.41) is 16.2. The van der Waals surface area contributed by atoms with Crippen molar-refractivity contribution in [3.05, 3.63) is 52.0 Å². The molecular formula is C18H18BrN3O4. The number of hydrogen-bond donors (Lipinski definition) is 3. The number of carbonyl (C=O) groups is 2. The summed E-state index contributed by atoms with van der Waals surface area (Å²) in [6.45, 7) is 1.94. The van der Waals surface area contributed by atoms with E-state index in [9.17, 15) is 14.7 Å². The van der Waals surface area contributed by atoms with Crippen LogP contribution in [-0.2, 0) is 9.59 Å². The highest BCUT2D eigenvalue weighted by Crippen LogP contribution is 2.34. The SMILES string of the molecule is COc1cc(C=NNC(=O)CC(=O)Nc2ccc(C)cc2)cc(Br)c1O. The molecule has 0 fully saturated rings. The number of hydrogen-bond acceptors (Lipinski definition) is 5. The number of rotatable bonds is 6. The molecule has 8 heteroatoms. The minimum Gasteiger partial charge on any atom is -0.503 e. The van der Waals surface area contributed by atoms with Crippen LogP contribution in [0.2, 0.25) is 0 Å². The van der Waals surface area contributed by atoms with Crippen molar-refractivity contribution in [1.82, 2.24) is 5.43 Å². The molecule has 0 aromatic heterocycles. The first-order valence-corrected chi connectivity index (χ1v) is 8.43. The Bertz CT molecular complexity index is 835. The number of aryl methyl sites for hydroxylation is 1. The number of phenolic OH excluding ortho intramolecular Hbond substituents is 1. The van der Waals surface area contributed by atoms with E-state index >= 15 is 0 Å². The molecule has 0 aliphatic carbocycles. The third kappa shape index (κ3) is 5.59.